The topological polar surface area (TPSA) is 58.1 Å². The second-order valence-corrected chi connectivity index (χ2v) is 6.98. The highest BCUT2D eigenvalue weighted by atomic mass is 79.9. The first-order valence-electron chi connectivity index (χ1n) is 8.21. The summed E-state index contributed by atoms with van der Waals surface area (Å²) in [4.78, 5) is 23.6. The molecule has 0 saturated carbocycles. The minimum Gasteiger partial charge on any atom is -0.356 e. The van der Waals surface area contributed by atoms with Gasteiger partial charge < -0.3 is 10.2 Å². The number of hydrogen-bond donors (Lipinski definition) is 1. The Labute approximate surface area is 150 Å². The van der Waals surface area contributed by atoms with E-state index in [1.165, 1.54) is 19.3 Å². The first kappa shape index (κ1) is 16.9. The van der Waals surface area contributed by atoms with Crippen LogP contribution in [0.3, 0.4) is 0 Å². The van der Waals surface area contributed by atoms with E-state index in [0.29, 0.717) is 11.5 Å². The SMILES string of the molecule is Cc1nc(C(=O)Nc2ccc(Br)c(C)c2)cc(N2CCCCC2)n1. The van der Waals surface area contributed by atoms with Gasteiger partial charge in [0.1, 0.15) is 17.3 Å². The number of carbonyl (C=O) groups excluding carboxylic acids is 1. The first-order valence-corrected chi connectivity index (χ1v) is 9.00. The number of piperidine rings is 1. The molecule has 0 bridgehead atoms. The quantitative estimate of drug-likeness (QED) is 0.859. The highest BCUT2D eigenvalue weighted by Crippen LogP contribution is 2.22. The van der Waals surface area contributed by atoms with Gasteiger partial charge in [-0.2, -0.15) is 0 Å². The number of nitrogens with one attached hydrogen (secondary N) is 1. The van der Waals surface area contributed by atoms with Crippen LogP contribution in [0.2, 0.25) is 0 Å². The van der Waals surface area contributed by atoms with E-state index in [2.05, 4.69) is 36.1 Å². The maximum absolute atomic E-state index is 12.6. The van der Waals surface area contributed by atoms with E-state index in [-0.39, 0.29) is 5.91 Å². The molecule has 1 amide bonds. The Morgan fingerprint density at radius 2 is 1.88 bits per heavy atom. The number of anilines is 2. The summed E-state index contributed by atoms with van der Waals surface area (Å²) in [7, 11) is 0. The van der Waals surface area contributed by atoms with E-state index >= 15 is 0 Å². The molecular formula is C18H21BrN4O. The van der Waals surface area contributed by atoms with Crippen molar-refractivity contribution >= 4 is 33.3 Å². The maximum Gasteiger partial charge on any atom is 0.274 e. The Balaban J connectivity index is 1.81. The lowest BCUT2D eigenvalue weighted by Gasteiger charge is -2.28. The van der Waals surface area contributed by atoms with Crippen LogP contribution >= 0.6 is 15.9 Å². The van der Waals surface area contributed by atoms with Crippen LogP contribution in [0.4, 0.5) is 11.5 Å². The molecule has 0 atom stereocenters. The Bertz CT molecular complexity index is 757. The van der Waals surface area contributed by atoms with Crippen LogP contribution in [0.25, 0.3) is 0 Å². The Hall–Kier alpha value is -1.95. The molecule has 6 heteroatoms. The highest BCUT2D eigenvalue weighted by molar-refractivity contribution is 9.10. The molecule has 1 saturated heterocycles. The van der Waals surface area contributed by atoms with Crippen LogP contribution in [0.15, 0.2) is 28.7 Å². The van der Waals surface area contributed by atoms with Crippen molar-refractivity contribution in [3.63, 3.8) is 0 Å². The molecule has 0 aliphatic carbocycles. The summed E-state index contributed by atoms with van der Waals surface area (Å²) < 4.78 is 1.02. The van der Waals surface area contributed by atoms with Crippen molar-refractivity contribution < 1.29 is 4.79 Å². The van der Waals surface area contributed by atoms with E-state index in [0.717, 1.165) is 34.6 Å². The summed E-state index contributed by atoms with van der Waals surface area (Å²) in [5.74, 6) is 1.26. The minimum absolute atomic E-state index is 0.208. The largest absolute Gasteiger partial charge is 0.356 e. The van der Waals surface area contributed by atoms with Crippen LogP contribution < -0.4 is 10.2 Å². The molecule has 2 aromatic rings. The van der Waals surface area contributed by atoms with Gasteiger partial charge in [0.2, 0.25) is 0 Å². The van der Waals surface area contributed by atoms with Crippen molar-refractivity contribution in [3.05, 3.63) is 45.8 Å². The van der Waals surface area contributed by atoms with Gasteiger partial charge in [-0.3, -0.25) is 4.79 Å². The molecule has 0 spiro atoms. The molecule has 1 aliphatic heterocycles. The molecule has 0 radical (unpaired) electrons. The van der Waals surface area contributed by atoms with Crippen LogP contribution in [-0.4, -0.2) is 29.0 Å². The second kappa shape index (κ2) is 7.30. The van der Waals surface area contributed by atoms with Crippen molar-refractivity contribution in [2.75, 3.05) is 23.3 Å². The molecule has 3 rings (SSSR count). The second-order valence-electron chi connectivity index (χ2n) is 6.12. The number of aryl methyl sites for hydroxylation is 2. The molecule has 1 fully saturated rings. The molecule has 2 heterocycles. The summed E-state index contributed by atoms with van der Waals surface area (Å²) in [6.07, 6.45) is 3.60. The summed E-state index contributed by atoms with van der Waals surface area (Å²) in [5.41, 5.74) is 2.24. The lowest BCUT2D eigenvalue weighted by atomic mass is 10.1. The first-order chi connectivity index (χ1) is 11.5. The van der Waals surface area contributed by atoms with Gasteiger partial charge in [-0.25, -0.2) is 9.97 Å². The standard InChI is InChI=1S/C18H21BrN4O/c1-12-10-14(6-7-15(12)19)22-18(24)16-11-17(21-13(2)20-16)23-8-4-3-5-9-23/h6-7,10-11H,3-5,8-9H2,1-2H3,(H,22,24). The number of carbonyl (C=O) groups is 1. The molecule has 1 aromatic heterocycles. The lowest BCUT2D eigenvalue weighted by molar-refractivity contribution is 0.102. The third-order valence-corrected chi connectivity index (χ3v) is 5.04. The predicted molar refractivity (Wildman–Crippen MR) is 99.7 cm³/mol. The third-order valence-electron chi connectivity index (χ3n) is 4.15. The number of amides is 1. The van der Waals surface area contributed by atoms with Crippen molar-refractivity contribution in [2.45, 2.75) is 33.1 Å². The van der Waals surface area contributed by atoms with E-state index < -0.39 is 0 Å². The molecule has 126 valence electrons. The molecule has 1 aromatic carbocycles. The van der Waals surface area contributed by atoms with Gasteiger partial charge in [0.05, 0.1) is 0 Å². The van der Waals surface area contributed by atoms with Crippen molar-refractivity contribution in [3.8, 4) is 0 Å². The van der Waals surface area contributed by atoms with Crippen molar-refractivity contribution in [1.29, 1.82) is 0 Å². The summed E-state index contributed by atoms with van der Waals surface area (Å²) in [6, 6.07) is 7.52. The fourth-order valence-electron chi connectivity index (χ4n) is 2.87. The Kier molecular flexibility index (Phi) is 5.14. The molecular weight excluding hydrogens is 368 g/mol. The number of hydrogen-bond acceptors (Lipinski definition) is 4. The highest BCUT2D eigenvalue weighted by Gasteiger charge is 2.17. The molecule has 1 aliphatic rings. The third kappa shape index (κ3) is 3.93. The van der Waals surface area contributed by atoms with E-state index in [9.17, 15) is 4.79 Å². The van der Waals surface area contributed by atoms with Gasteiger partial charge in [0.25, 0.3) is 5.91 Å². The van der Waals surface area contributed by atoms with Gasteiger partial charge in [-0.05, 0) is 56.9 Å². The van der Waals surface area contributed by atoms with E-state index in [1.54, 1.807) is 6.07 Å². The zero-order valence-electron chi connectivity index (χ0n) is 14.0. The van der Waals surface area contributed by atoms with Crippen LogP contribution in [-0.2, 0) is 0 Å². The van der Waals surface area contributed by atoms with Gasteiger partial charge in [-0.1, -0.05) is 15.9 Å². The Morgan fingerprint density at radius 3 is 2.58 bits per heavy atom. The summed E-state index contributed by atoms with van der Waals surface area (Å²) >= 11 is 3.46. The van der Waals surface area contributed by atoms with Crippen molar-refractivity contribution in [2.24, 2.45) is 0 Å². The van der Waals surface area contributed by atoms with Gasteiger partial charge in [-0.15, -0.1) is 0 Å². The average molecular weight is 389 g/mol. The fourth-order valence-corrected chi connectivity index (χ4v) is 3.12. The maximum atomic E-state index is 12.6. The number of benzene rings is 1. The lowest BCUT2D eigenvalue weighted by Crippen LogP contribution is -2.31. The molecule has 1 N–H and O–H groups in total. The predicted octanol–water partition coefficient (Wildman–Crippen LogP) is 4.10. The molecule has 24 heavy (non-hydrogen) atoms. The average Bonchev–Trinajstić information content (AvgIpc) is 2.58. The van der Waals surface area contributed by atoms with Crippen LogP contribution in [0.1, 0.15) is 41.1 Å². The van der Waals surface area contributed by atoms with Crippen molar-refractivity contribution in [1.82, 2.24) is 9.97 Å². The summed E-state index contributed by atoms with van der Waals surface area (Å²) in [6.45, 7) is 5.80. The normalized spacial score (nSPS) is 14.5. The van der Waals surface area contributed by atoms with Gasteiger partial charge in [0, 0.05) is 29.3 Å². The zero-order chi connectivity index (χ0) is 17.1. The monoisotopic (exact) mass is 388 g/mol. The number of aromatic nitrogens is 2. The smallest absolute Gasteiger partial charge is 0.274 e. The number of halogens is 1. The number of nitrogens with zero attached hydrogens (tertiary/aromatic N) is 3. The minimum atomic E-state index is -0.208. The van der Waals surface area contributed by atoms with Crippen LogP contribution in [0, 0.1) is 13.8 Å². The summed E-state index contributed by atoms with van der Waals surface area (Å²) in [5, 5.41) is 2.92. The number of rotatable bonds is 3. The van der Waals surface area contributed by atoms with Gasteiger partial charge in [0.15, 0.2) is 0 Å². The Morgan fingerprint density at radius 1 is 1.12 bits per heavy atom. The van der Waals surface area contributed by atoms with E-state index in [1.807, 2.05) is 32.0 Å². The van der Waals surface area contributed by atoms with Crippen LogP contribution in [0.5, 0.6) is 0 Å². The van der Waals surface area contributed by atoms with Gasteiger partial charge >= 0.3 is 0 Å². The molecule has 0 unspecified atom stereocenters. The fraction of sp³-hybridized carbons (Fsp3) is 0.389. The molecule has 5 nitrogen and oxygen atoms in total. The zero-order valence-corrected chi connectivity index (χ0v) is 15.6. The van der Waals surface area contributed by atoms with E-state index in [4.69, 9.17) is 0 Å².